The number of aromatic amines is 1. The Kier molecular flexibility index (Phi) is 2.32. The van der Waals surface area contributed by atoms with Crippen LogP contribution in [0.25, 0.3) is 6.08 Å². The van der Waals surface area contributed by atoms with E-state index in [0.29, 0.717) is 0 Å². The Balaban J connectivity index is 2.11. The van der Waals surface area contributed by atoms with E-state index < -0.39 is 0 Å². The molecule has 1 aromatic heterocycles. The molecule has 0 bridgehead atoms. The van der Waals surface area contributed by atoms with Gasteiger partial charge >= 0.3 is 0 Å². The minimum Gasteiger partial charge on any atom is -0.351 e. The molecule has 1 atom stereocenters. The predicted molar refractivity (Wildman–Crippen MR) is 65.2 cm³/mol. The lowest BCUT2D eigenvalue weighted by Gasteiger charge is -2.14. The highest BCUT2D eigenvalue weighted by atomic mass is 19.1. The van der Waals surface area contributed by atoms with Crippen molar-refractivity contribution < 1.29 is 4.39 Å². The van der Waals surface area contributed by atoms with Gasteiger partial charge in [-0.25, -0.2) is 9.37 Å². The van der Waals surface area contributed by atoms with E-state index in [2.05, 4.69) is 29.0 Å². The average molecular weight is 228 g/mol. The first-order valence-electron chi connectivity index (χ1n) is 5.73. The summed E-state index contributed by atoms with van der Waals surface area (Å²) in [7, 11) is 0. The molecular weight excluding hydrogens is 215 g/mol. The summed E-state index contributed by atoms with van der Waals surface area (Å²) in [4.78, 5) is 7.19. The normalized spacial score (nSPS) is 14.9. The van der Waals surface area contributed by atoms with Crippen molar-refractivity contribution in [2.45, 2.75) is 19.3 Å². The largest absolute Gasteiger partial charge is 0.351 e. The Morgan fingerprint density at radius 2 is 2.29 bits per heavy atom. The molecule has 0 aliphatic heterocycles. The minimum atomic E-state index is -0.162. The van der Waals surface area contributed by atoms with E-state index in [1.165, 1.54) is 0 Å². The number of H-pyrrole nitrogens is 1. The van der Waals surface area contributed by atoms with Crippen LogP contribution < -0.4 is 0 Å². The van der Waals surface area contributed by atoms with Crippen LogP contribution in [0.4, 0.5) is 4.39 Å². The zero-order valence-electron chi connectivity index (χ0n) is 9.57. The molecule has 17 heavy (non-hydrogen) atoms. The second-order valence-corrected chi connectivity index (χ2v) is 4.39. The van der Waals surface area contributed by atoms with Gasteiger partial charge in [-0.2, -0.15) is 0 Å². The van der Waals surface area contributed by atoms with Gasteiger partial charge in [0.15, 0.2) is 0 Å². The van der Waals surface area contributed by atoms with Crippen LogP contribution in [0.15, 0.2) is 30.7 Å². The van der Waals surface area contributed by atoms with Crippen molar-refractivity contribution in [1.29, 1.82) is 0 Å². The Morgan fingerprint density at radius 1 is 1.41 bits per heavy atom. The van der Waals surface area contributed by atoms with E-state index in [1.54, 1.807) is 18.5 Å². The molecule has 0 amide bonds. The van der Waals surface area contributed by atoms with Crippen LogP contribution in [0.2, 0.25) is 0 Å². The molecule has 0 fully saturated rings. The maximum Gasteiger partial charge on any atom is 0.123 e. The molecule has 2 aromatic rings. The smallest absolute Gasteiger partial charge is 0.123 e. The highest BCUT2D eigenvalue weighted by Crippen LogP contribution is 2.32. The second kappa shape index (κ2) is 3.84. The molecule has 0 radical (unpaired) electrons. The van der Waals surface area contributed by atoms with Crippen molar-refractivity contribution in [1.82, 2.24) is 9.97 Å². The molecule has 1 aromatic carbocycles. The molecule has 0 spiro atoms. The number of benzene rings is 1. The Bertz CT molecular complexity index is 570. The van der Waals surface area contributed by atoms with Gasteiger partial charge < -0.3 is 4.98 Å². The third kappa shape index (κ3) is 1.68. The average Bonchev–Trinajstić information content (AvgIpc) is 2.97. The summed E-state index contributed by atoms with van der Waals surface area (Å²) in [6.45, 7) is 2.05. The Hall–Kier alpha value is -1.90. The Labute approximate surface area is 99.2 Å². The van der Waals surface area contributed by atoms with Gasteiger partial charge in [-0.1, -0.05) is 19.1 Å². The summed E-state index contributed by atoms with van der Waals surface area (Å²) in [5.74, 6) is -0.0571. The summed E-state index contributed by atoms with van der Waals surface area (Å²) in [6, 6.07) is 3.24. The first-order valence-corrected chi connectivity index (χ1v) is 5.73. The number of rotatable bonds is 2. The second-order valence-electron chi connectivity index (χ2n) is 4.39. The van der Waals surface area contributed by atoms with E-state index in [-0.39, 0.29) is 11.7 Å². The summed E-state index contributed by atoms with van der Waals surface area (Å²) >= 11 is 0. The molecule has 3 heteroatoms. The monoisotopic (exact) mass is 228 g/mol. The summed E-state index contributed by atoms with van der Waals surface area (Å²) in [6.07, 6.45) is 8.49. The molecule has 0 saturated heterocycles. The highest BCUT2D eigenvalue weighted by Gasteiger charge is 2.18. The first-order chi connectivity index (χ1) is 8.25. The lowest BCUT2D eigenvalue weighted by Crippen LogP contribution is -2.01. The van der Waals surface area contributed by atoms with Crippen LogP contribution in [0.5, 0.6) is 0 Å². The molecule has 0 saturated carbocycles. The third-order valence-electron chi connectivity index (χ3n) is 3.31. The molecule has 0 unspecified atom stereocenters. The van der Waals surface area contributed by atoms with E-state index in [0.717, 1.165) is 28.8 Å². The molecular formula is C14H13FN2. The number of nitrogens with one attached hydrogen (secondary N) is 1. The lowest BCUT2D eigenvalue weighted by atomic mass is 9.91. The third-order valence-corrected chi connectivity index (χ3v) is 3.31. The SMILES string of the molecule is C[C@@H](c1c[nH]cn1)c1cc(F)cc2c1C=CC2. The van der Waals surface area contributed by atoms with Crippen LogP contribution in [0, 0.1) is 5.82 Å². The van der Waals surface area contributed by atoms with Crippen LogP contribution >= 0.6 is 0 Å². The van der Waals surface area contributed by atoms with Crippen molar-refractivity contribution in [2.75, 3.05) is 0 Å². The van der Waals surface area contributed by atoms with Gasteiger partial charge in [0.25, 0.3) is 0 Å². The topological polar surface area (TPSA) is 28.7 Å². The number of halogens is 1. The van der Waals surface area contributed by atoms with Crippen LogP contribution in [-0.4, -0.2) is 9.97 Å². The van der Waals surface area contributed by atoms with Crippen molar-refractivity contribution in [3.05, 3.63) is 58.9 Å². The summed E-state index contributed by atoms with van der Waals surface area (Å²) in [5, 5.41) is 0. The Morgan fingerprint density at radius 3 is 3.06 bits per heavy atom. The van der Waals surface area contributed by atoms with Gasteiger partial charge in [0.1, 0.15) is 5.82 Å². The van der Waals surface area contributed by atoms with Gasteiger partial charge in [0.05, 0.1) is 12.0 Å². The molecule has 1 heterocycles. The van der Waals surface area contributed by atoms with Gasteiger partial charge in [0, 0.05) is 12.1 Å². The van der Waals surface area contributed by atoms with E-state index in [1.807, 2.05) is 6.20 Å². The molecule has 2 nitrogen and oxygen atoms in total. The first kappa shape index (κ1) is 10.3. The fraction of sp³-hybridized carbons (Fsp3) is 0.214. The standard InChI is InChI=1S/C14H13FN2/c1-9(14-7-16-8-17-14)13-6-11(15)5-10-3-2-4-12(10)13/h2,4-9H,3H2,1H3,(H,16,17)/t9-/m1/s1. The maximum absolute atomic E-state index is 13.6. The predicted octanol–water partition coefficient (Wildman–Crippen LogP) is 3.27. The van der Waals surface area contributed by atoms with E-state index >= 15 is 0 Å². The number of nitrogens with zero attached hydrogens (tertiary/aromatic N) is 1. The molecule has 3 rings (SSSR count). The number of hydrogen-bond acceptors (Lipinski definition) is 1. The number of fused-ring (bicyclic) bond motifs is 1. The fourth-order valence-electron chi connectivity index (χ4n) is 2.40. The van der Waals surface area contributed by atoms with Crippen LogP contribution in [-0.2, 0) is 6.42 Å². The van der Waals surface area contributed by atoms with E-state index in [9.17, 15) is 4.39 Å². The van der Waals surface area contributed by atoms with Gasteiger partial charge in [0.2, 0.25) is 0 Å². The minimum absolute atomic E-state index is 0.105. The zero-order valence-corrected chi connectivity index (χ0v) is 9.57. The molecule has 1 aliphatic carbocycles. The van der Waals surface area contributed by atoms with Crippen LogP contribution in [0.1, 0.15) is 35.2 Å². The van der Waals surface area contributed by atoms with Gasteiger partial charge in [-0.05, 0) is 35.2 Å². The fourth-order valence-corrected chi connectivity index (χ4v) is 2.40. The zero-order chi connectivity index (χ0) is 11.8. The quantitative estimate of drug-likeness (QED) is 0.839. The van der Waals surface area contributed by atoms with Crippen molar-refractivity contribution in [3.8, 4) is 0 Å². The summed E-state index contributed by atoms with van der Waals surface area (Å²) in [5.41, 5.74) is 4.18. The molecule has 1 N–H and O–H groups in total. The molecule has 86 valence electrons. The number of hydrogen-bond donors (Lipinski definition) is 1. The van der Waals surface area contributed by atoms with Crippen molar-refractivity contribution >= 4 is 6.08 Å². The number of allylic oxidation sites excluding steroid dienone is 1. The van der Waals surface area contributed by atoms with Crippen LogP contribution in [0.3, 0.4) is 0 Å². The number of imidazole rings is 1. The number of aromatic nitrogens is 2. The molecule has 1 aliphatic rings. The highest BCUT2D eigenvalue weighted by molar-refractivity contribution is 5.64. The van der Waals surface area contributed by atoms with Gasteiger partial charge in [-0.3, -0.25) is 0 Å². The van der Waals surface area contributed by atoms with Crippen molar-refractivity contribution in [3.63, 3.8) is 0 Å². The van der Waals surface area contributed by atoms with Gasteiger partial charge in [-0.15, -0.1) is 0 Å². The van der Waals surface area contributed by atoms with E-state index in [4.69, 9.17) is 0 Å². The maximum atomic E-state index is 13.6. The summed E-state index contributed by atoms with van der Waals surface area (Å²) < 4.78 is 13.6. The lowest BCUT2D eigenvalue weighted by molar-refractivity contribution is 0.622. The van der Waals surface area contributed by atoms with Crippen molar-refractivity contribution in [2.24, 2.45) is 0 Å².